The molecular weight excluding hydrogens is 306 g/mol. The fraction of sp³-hybridized carbons (Fsp3) is 0.111. The van der Waals surface area contributed by atoms with Crippen molar-refractivity contribution in [2.45, 2.75) is 5.72 Å². The molecule has 6 heteroatoms. The van der Waals surface area contributed by atoms with Crippen molar-refractivity contribution in [3.05, 3.63) is 77.9 Å². The molecule has 0 spiro atoms. The van der Waals surface area contributed by atoms with Crippen molar-refractivity contribution < 1.29 is 14.6 Å². The number of carbonyl (C=O) groups excluding carboxylic acids is 1. The van der Waals surface area contributed by atoms with Gasteiger partial charge in [-0.1, -0.05) is 18.2 Å². The maximum absolute atomic E-state index is 13.0. The second-order valence-electron chi connectivity index (χ2n) is 5.49. The van der Waals surface area contributed by atoms with E-state index >= 15 is 0 Å². The lowest BCUT2D eigenvalue weighted by atomic mass is 10.0. The summed E-state index contributed by atoms with van der Waals surface area (Å²) >= 11 is 0. The summed E-state index contributed by atoms with van der Waals surface area (Å²) in [5.74, 6) is 0.677. The van der Waals surface area contributed by atoms with E-state index in [1.165, 1.54) is 4.90 Å². The van der Waals surface area contributed by atoms with Gasteiger partial charge < -0.3 is 14.8 Å². The SMILES string of the molecule is COc1ccc(N2C(=O)c3ccccc3[C@@]2(O)c2ncc[nH]2)cc1. The molecule has 120 valence electrons. The molecule has 0 saturated carbocycles. The van der Waals surface area contributed by atoms with E-state index in [9.17, 15) is 9.90 Å². The molecule has 2 N–H and O–H groups in total. The molecule has 1 amide bonds. The number of methoxy groups -OCH3 is 1. The fourth-order valence-corrected chi connectivity index (χ4v) is 3.09. The zero-order valence-corrected chi connectivity index (χ0v) is 12.9. The number of anilines is 1. The molecule has 4 rings (SSSR count). The molecule has 3 aromatic rings. The summed E-state index contributed by atoms with van der Waals surface area (Å²) in [5.41, 5.74) is -0.185. The Morgan fingerprint density at radius 2 is 1.92 bits per heavy atom. The third-order valence-corrected chi connectivity index (χ3v) is 4.22. The van der Waals surface area contributed by atoms with Gasteiger partial charge in [-0.2, -0.15) is 0 Å². The summed E-state index contributed by atoms with van der Waals surface area (Å²) in [6.07, 6.45) is 3.16. The number of amides is 1. The number of rotatable bonds is 3. The Labute approximate surface area is 138 Å². The van der Waals surface area contributed by atoms with Crippen LogP contribution in [-0.2, 0) is 5.72 Å². The number of nitrogens with one attached hydrogen (secondary N) is 1. The van der Waals surface area contributed by atoms with Crippen molar-refractivity contribution in [3.63, 3.8) is 0 Å². The van der Waals surface area contributed by atoms with Crippen molar-refractivity contribution >= 4 is 11.6 Å². The Morgan fingerprint density at radius 3 is 2.58 bits per heavy atom. The van der Waals surface area contributed by atoms with Crippen molar-refractivity contribution in [1.82, 2.24) is 9.97 Å². The zero-order chi connectivity index (χ0) is 16.7. The highest BCUT2D eigenvalue weighted by molar-refractivity contribution is 6.12. The van der Waals surface area contributed by atoms with Gasteiger partial charge in [0.25, 0.3) is 5.91 Å². The molecule has 24 heavy (non-hydrogen) atoms. The van der Waals surface area contributed by atoms with Crippen molar-refractivity contribution in [3.8, 4) is 5.75 Å². The normalized spacial score (nSPS) is 19.4. The third-order valence-electron chi connectivity index (χ3n) is 4.22. The number of aromatic amines is 1. The van der Waals surface area contributed by atoms with E-state index in [1.54, 1.807) is 68.0 Å². The van der Waals surface area contributed by atoms with Crippen LogP contribution in [0.25, 0.3) is 0 Å². The van der Waals surface area contributed by atoms with Crippen molar-refractivity contribution in [1.29, 1.82) is 0 Å². The quantitative estimate of drug-likeness (QED) is 0.776. The fourth-order valence-electron chi connectivity index (χ4n) is 3.09. The van der Waals surface area contributed by atoms with Gasteiger partial charge in [-0.25, -0.2) is 4.98 Å². The average molecular weight is 321 g/mol. The number of hydrogen-bond acceptors (Lipinski definition) is 4. The highest BCUT2D eigenvalue weighted by atomic mass is 16.5. The second kappa shape index (κ2) is 5.21. The van der Waals surface area contributed by atoms with Crippen LogP contribution in [0.2, 0.25) is 0 Å². The number of H-pyrrole nitrogens is 1. The van der Waals surface area contributed by atoms with Crippen LogP contribution in [0.3, 0.4) is 0 Å². The van der Waals surface area contributed by atoms with E-state index < -0.39 is 5.72 Å². The number of aliphatic hydroxyl groups is 1. The van der Waals surface area contributed by atoms with Crippen LogP contribution >= 0.6 is 0 Å². The van der Waals surface area contributed by atoms with Crippen LogP contribution in [0.5, 0.6) is 5.75 Å². The summed E-state index contributed by atoms with van der Waals surface area (Å²) in [5, 5.41) is 11.5. The molecular formula is C18H15N3O3. The van der Waals surface area contributed by atoms with Crippen LogP contribution in [0.1, 0.15) is 21.7 Å². The van der Waals surface area contributed by atoms with Gasteiger partial charge in [-0.15, -0.1) is 0 Å². The Morgan fingerprint density at radius 1 is 1.17 bits per heavy atom. The van der Waals surface area contributed by atoms with E-state index in [0.717, 1.165) is 0 Å². The minimum absolute atomic E-state index is 0.283. The summed E-state index contributed by atoms with van der Waals surface area (Å²) in [6, 6.07) is 14.0. The standard InChI is InChI=1S/C18H15N3O3/c1-24-13-8-6-12(7-9-13)21-16(22)14-4-2-3-5-15(14)18(21,23)17-19-10-11-20-17/h2-11,23H,1H3,(H,19,20)/t18-/m1/s1. The van der Waals surface area contributed by atoms with E-state index in [-0.39, 0.29) is 11.7 Å². The largest absolute Gasteiger partial charge is 0.497 e. The maximum Gasteiger partial charge on any atom is 0.261 e. The lowest BCUT2D eigenvalue weighted by Crippen LogP contribution is -2.45. The molecule has 0 bridgehead atoms. The summed E-state index contributed by atoms with van der Waals surface area (Å²) in [7, 11) is 1.57. The monoisotopic (exact) mass is 321 g/mol. The zero-order valence-electron chi connectivity index (χ0n) is 12.9. The maximum atomic E-state index is 13.0. The first kappa shape index (κ1) is 14.5. The molecule has 1 atom stereocenters. The molecule has 0 aliphatic carbocycles. The molecule has 1 aliphatic heterocycles. The number of carbonyl (C=O) groups is 1. The number of ether oxygens (including phenoxy) is 1. The Bertz CT molecular complexity index is 890. The van der Waals surface area contributed by atoms with Crippen LogP contribution in [-0.4, -0.2) is 28.1 Å². The lowest BCUT2D eigenvalue weighted by Gasteiger charge is -2.32. The molecule has 2 heterocycles. The summed E-state index contributed by atoms with van der Waals surface area (Å²) in [4.78, 5) is 21.4. The number of imidazole rings is 1. The third kappa shape index (κ3) is 1.87. The molecule has 1 aliphatic rings. The molecule has 0 unspecified atom stereocenters. The predicted molar refractivity (Wildman–Crippen MR) is 87.8 cm³/mol. The summed E-state index contributed by atoms with van der Waals surface area (Å²) < 4.78 is 5.16. The Balaban J connectivity index is 1.93. The van der Waals surface area contributed by atoms with Gasteiger partial charge in [0.2, 0.25) is 5.72 Å². The molecule has 0 fully saturated rings. The van der Waals surface area contributed by atoms with Crippen LogP contribution < -0.4 is 9.64 Å². The van der Waals surface area contributed by atoms with Gasteiger partial charge in [0.1, 0.15) is 5.75 Å². The Hall–Kier alpha value is -3.12. The van der Waals surface area contributed by atoms with E-state index in [1.807, 2.05) is 0 Å². The second-order valence-corrected chi connectivity index (χ2v) is 5.49. The molecule has 6 nitrogen and oxygen atoms in total. The van der Waals surface area contributed by atoms with Crippen molar-refractivity contribution in [2.75, 3.05) is 12.0 Å². The van der Waals surface area contributed by atoms with Gasteiger partial charge in [0.05, 0.1) is 7.11 Å². The first-order valence-electron chi connectivity index (χ1n) is 7.46. The van der Waals surface area contributed by atoms with E-state index in [0.29, 0.717) is 22.6 Å². The number of aromatic nitrogens is 2. The minimum atomic E-state index is -1.69. The van der Waals surface area contributed by atoms with Gasteiger partial charge >= 0.3 is 0 Å². The van der Waals surface area contributed by atoms with Crippen LogP contribution in [0.15, 0.2) is 60.9 Å². The molecule has 0 saturated heterocycles. The number of nitrogens with zero attached hydrogens (tertiary/aromatic N) is 2. The number of fused-ring (bicyclic) bond motifs is 1. The van der Waals surface area contributed by atoms with Crippen LogP contribution in [0.4, 0.5) is 5.69 Å². The highest BCUT2D eigenvalue weighted by Gasteiger charge is 2.52. The molecule has 2 aromatic carbocycles. The van der Waals surface area contributed by atoms with Crippen molar-refractivity contribution in [2.24, 2.45) is 0 Å². The topological polar surface area (TPSA) is 78.4 Å². The minimum Gasteiger partial charge on any atom is -0.497 e. The molecule has 1 aromatic heterocycles. The van der Waals surface area contributed by atoms with Gasteiger partial charge in [-0.3, -0.25) is 9.69 Å². The summed E-state index contributed by atoms with van der Waals surface area (Å²) in [6.45, 7) is 0. The average Bonchev–Trinajstić information content (AvgIpc) is 3.23. The number of benzene rings is 2. The highest BCUT2D eigenvalue weighted by Crippen LogP contribution is 2.43. The Kier molecular flexibility index (Phi) is 3.14. The van der Waals surface area contributed by atoms with Gasteiger partial charge in [0, 0.05) is 29.2 Å². The van der Waals surface area contributed by atoms with Gasteiger partial charge in [0.15, 0.2) is 5.82 Å². The number of hydrogen-bond donors (Lipinski definition) is 2. The smallest absolute Gasteiger partial charge is 0.261 e. The molecule has 0 radical (unpaired) electrons. The van der Waals surface area contributed by atoms with E-state index in [4.69, 9.17) is 4.74 Å². The van der Waals surface area contributed by atoms with Crippen LogP contribution in [0, 0.1) is 0 Å². The van der Waals surface area contributed by atoms with E-state index in [2.05, 4.69) is 9.97 Å². The lowest BCUT2D eigenvalue weighted by molar-refractivity contribution is 0.0652. The first-order chi connectivity index (χ1) is 11.7. The van der Waals surface area contributed by atoms with Gasteiger partial charge in [-0.05, 0) is 30.3 Å². The first-order valence-corrected chi connectivity index (χ1v) is 7.46. The predicted octanol–water partition coefficient (Wildman–Crippen LogP) is 2.27.